The topological polar surface area (TPSA) is 52.0 Å². The van der Waals surface area contributed by atoms with Crippen molar-refractivity contribution in [1.82, 2.24) is 0 Å². The van der Waals surface area contributed by atoms with Crippen LogP contribution in [0.1, 0.15) is 28.7 Å². The van der Waals surface area contributed by atoms with Gasteiger partial charge in [0.25, 0.3) is 0 Å². The van der Waals surface area contributed by atoms with Gasteiger partial charge in [-0.15, -0.1) is 0 Å². The number of hydrogen-bond acceptors (Lipinski definition) is 2. The van der Waals surface area contributed by atoms with Crippen molar-refractivity contribution in [3.63, 3.8) is 0 Å². The predicted octanol–water partition coefficient (Wildman–Crippen LogP) is 4.41. The Labute approximate surface area is 143 Å². The Balaban J connectivity index is 2.25. The molecule has 0 fully saturated rings. The zero-order chi connectivity index (χ0) is 15.7. The molecule has 2 aromatic rings. The van der Waals surface area contributed by atoms with E-state index in [-0.39, 0.29) is 0 Å². The molecule has 0 amide bonds. The first-order valence-corrected chi connectivity index (χ1v) is 8.39. The van der Waals surface area contributed by atoms with Gasteiger partial charge in [-0.3, -0.25) is 0 Å². The van der Waals surface area contributed by atoms with Crippen LogP contribution in [0.4, 0.5) is 0 Å². The Morgan fingerprint density at radius 3 is 1.29 bits per heavy atom. The van der Waals surface area contributed by atoms with Crippen molar-refractivity contribution < 1.29 is 0 Å². The average molecular weight is 412 g/mol. The summed E-state index contributed by atoms with van der Waals surface area (Å²) < 4.78 is -1.38. The number of aryl methyl sites for hydroxylation is 2. The molecule has 2 rings (SSSR count). The molecular weight excluding hydrogens is 392 g/mol. The number of halogens is 2. The summed E-state index contributed by atoms with van der Waals surface area (Å²) in [7, 11) is 0. The summed E-state index contributed by atoms with van der Waals surface area (Å²) >= 11 is 7.26. The van der Waals surface area contributed by atoms with Crippen LogP contribution >= 0.6 is 31.9 Å². The van der Waals surface area contributed by atoms with Crippen molar-refractivity contribution in [2.45, 2.75) is 29.2 Å². The van der Waals surface area contributed by atoms with E-state index in [9.17, 15) is 0 Å². The van der Waals surface area contributed by atoms with Crippen molar-refractivity contribution in [2.75, 3.05) is 0 Å². The van der Waals surface area contributed by atoms with E-state index in [0.29, 0.717) is 6.42 Å². The Hall–Kier alpha value is -0.680. The highest BCUT2D eigenvalue weighted by Crippen LogP contribution is 2.40. The third-order valence-electron chi connectivity index (χ3n) is 3.58. The molecule has 0 saturated heterocycles. The standard InChI is InChI=1S/C17H20Br2N2/c1-12-3-7-14(8-4-12)16(18,20)11-17(19,21)15-9-5-13(2)6-10-15/h3-10H,11,20-21H2,1-2H3. The van der Waals surface area contributed by atoms with Gasteiger partial charge in [0.15, 0.2) is 0 Å². The number of benzene rings is 2. The maximum absolute atomic E-state index is 6.45. The smallest absolute Gasteiger partial charge is 0.100 e. The largest absolute Gasteiger partial charge is 0.312 e. The molecule has 2 atom stereocenters. The van der Waals surface area contributed by atoms with E-state index in [2.05, 4.69) is 70.0 Å². The molecule has 2 unspecified atom stereocenters. The summed E-state index contributed by atoms with van der Waals surface area (Å²) in [6, 6.07) is 16.3. The molecule has 0 aliphatic carbocycles. The van der Waals surface area contributed by atoms with Crippen LogP contribution < -0.4 is 11.5 Å². The second kappa shape index (κ2) is 6.21. The molecule has 0 radical (unpaired) electrons. The number of nitrogens with two attached hydrogens (primary N) is 2. The van der Waals surface area contributed by atoms with Gasteiger partial charge in [0.2, 0.25) is 0 Å². The molecule has 0 saturated carbocycles. The molecule has 0 aromatic heterocycles. The van der Waals surface area contributed by atoms with E-state index < -0.39 is 8.90 Å². The van der Waals surface area contributed by atoms with Gasteiger partial charge in [0.1, 0.15) is 8.90 Å². The van der Waals surface area contributed by atoms with Gasteiger partial charge >= 0.3 is 0 Å². The maximum Gasteiger partial charge on any atom is 0.100 e. The van der Waals surface area contributed by atoms with Gasteiger partial charge in [-0.2, -0.15) is 0 Å². The van der Waals surface area contributed by atoms with E-state index in [1.807, 2.05) is 24.3 Å². The first-order chi connectivity index (χ1) is 9.71. The lowest BCUT2D eigenvalue weighted by atomic mass is 9.95. The van der Waals surface area contributed by atoms with Gasteiger partial charge in [0.05, 0.1) is 0 Å². The van der Waals surface area contributed by atoms with Crippen molar-refractivity contribution in [3.8, 4) is 0 Å². The first kappa shape index (κ1) is 16.7. The molecule has 2 nitrogen and oxygen atoms in total. The minimum atomic E-state index is -0.691. The van der Waals surface area contributed by atoms with Crippen LogP contribution in [0.15, 0.2) is 48.5 Å². The normalized spacial score (nSPS) is 17.0. The highest BCUT2D eigenvalue weighted by atomic mass is 79.9. The molecule has 4 N–H and O–H groups in total. The lowest BCUT2D eigenvalue weighted by Crippen LogP contribution is -2.41. The van der Waals surface area contributed by atoms with Gasteiger partial charge in [0, 0.05) is 6.42 Å². The zero-order valence-corrected chi connectivity index (χ0v) is 15.4. The van der Waals surface area contributed by atoms with Crippen LogP contribution in [0.5, 0.6) is 0 Å². The van der Waals surface area contributed by atoms with E-state index in [1.165, 1.54) is 11.1 Å². The summed E-state index contributed by atoms with van der Waals surface area (Å²) in [4.78, 5) is 0. The molecule has 0 heterocycles. The summed E-state index contributed by atoms with van der Waals surface area (Å²) in [5, 5.41) is 0. The Morgan fingerprint density at radius 2 is 1.00 bits per heavy atom. The fourth-order valence-corrected chi connectivity index (χ4v) is 4.03. The molecule has 0 aliphatic heterocycles. The van der Waals surface area contributed by atoms with E-state index in [0.717, 1.165) is 11.1 Å². The first-order valence-electron chi connectivity index (χ1n) is 6.81. The van der Waals surface area contributed by atoms with Crippen molar-refractivity contribution in [2.24, 2.45) is 11.5 Å². The van der Waals surface area contributed by atoms with Gasteiger partial charge in [-0.1, -0.05) is 91.5 Å². The van der Waals surface area contributed by atoms with Crippen LogP contribution in [-0.4, -0.2) is 0 Å². The molecule has 4 heteroatoms. The summed E-state index contributed by atoms with van der Waals surface area (Å²) in [5.41, 5.74) is 17.3. The number of hydrogen-bond donors (Lipinski definition) is 2. The minimum absolute atomic E-state index is 0.520. The lowest BCUT2D eigenvalue weighted by Gasteiger charge is -2.32. The third kappa shape index (κ3) is 4.16. The van der Waals surface area contributed by atoms with Crippen molar-refractivity contribution in [1.29, 1.82) is 0 Å². The maximum atomic E-state index is 6.45. The summed E-state index contributed by atoms with van der Waals surface area (Å²) in [5.74, 6) is 0. The van der Waals surface area contributed by atoms with E-state index >= 15 is 0 Å². The van der Waals surface area contributed by atoms with Crippen LogP contribution in [0.25, 0.3) is 0 Å². The summed E-state index contributed by atoms with van der Waals surface area (Å²) in [6.45, 7) is 4.11. The second-order valence-corrected chi connectivity index (χ2v) is 8.46. The Bertz CT molecular complexity index is 546. The average Bonchev–Trinajstić information content (AvgIpc) is 2.38. The number of rotatable bonds is 4. The molecule has 0 aliphatic rings. The quantitative estimate of drug-likeness (QED) is 0.578. The predicted molar refractivity (Wildman–Crippen MR) is 96.6 cm³/mol. The fourth-order valence-electron chi connectivity index (χ4n) is 2.24. The highest BCUT2D eigenvalue weighted by Gasteiger charge is 2.35. The van der Waals surface area contributed by atoms with Gasteiger partial charge in [-0.25, -0.2) is 0 Å². The lowest BCUT2D eigenvalue weighted by molar-refractivity contribution is 0.496. The SMILES string of the molecule is Cc1ccc(C(N)(Br)CC(N)(Br)c2ccc(C)cc2)cc1. The molecule has 21 heavy (non-hydrogen) atoms. The van der Waals surface area contributed by atoms with Gasteiger partial charge in [-0.05, 0) is 25.0 Å². The molecule has 0 bridgehead atoms. The Kier molecular flexibility index (Phi) is 4.93. The van der Waals surface area contributed by atoms with E-state index in [1.54, 1.807) is 0 Å². The van der Waals surface area contributed by atoms with E-state index in [4.69, 9.17) is 11.5 Å². The third-order valence-corrected chi connectivity index (χ3v) is 5.05. The van der Waals surface area contributed by atoms with Crippen LogP contribution in [0.3, 0.4) is 0 Å². The van der Waals surface area contributed by atoms with Crippen molar-refractivity contribution >= 4 is 31.9 Å². The van der Waals surface area contributed by atoms with Crippen LogP contribution in [-0.2, 0) is 8.90 Å². The molecule has 0 spiro atoms. The second-order valence-electron chi connectivity index (χ2n) is 5.63. The van der Waals surface area contributed by atoms with Crippen LogP contribution in [0, 0.1) is 13.8 Å². The fraction of sp³-hybridized carbons (Fsp3) is 0.294. The zero-order valence-electron chi connectivity index (χ0n) is 12.2. The molecule has 2 aromatic carbocycles. The molecular formula is C17H20Br2N2. The monoisotopic (exact) mass is 410 g/mol. The Morgan fingerprint density at radius 1 is 0.714 bits per heavy atom. The number of alkyl halides is 2. The van der Waals surface area contributed by atoms with Crippen LogP contribution in [0.2, 0.25) is 0 Å². The highest BCUT2D eigenvalue weighted by molar-refractivity contribution is 9.10. The van der Waals surface area contributed by atoms with Gasteiger partial charge < -0.3 is 11.5 Å². The summed E-state index contributed by atoms with van der Waals surface area (Å²) in [6.07, 6.45) is 0.520. The van der Waals surface area contributed by atoms with Crippen molar-refractivity contribution in [3.05, 3.63) is 70.8 Å². The minimum Gasteiger partial charge on any atom is -0.312 e. The molecule has 112 valence electrons.